The summed E-state index contributed by atoms with van der Waals surface area (Å²) in [5.74, 6) is 1.19. The third-order valence-corrected chi connectivity index (χ3v) is 4.18. The number of nitrogens with zero attached hydrogens (tertiary/aromatic N) is 3. The van der Waals surface area contributed by atoms with Gasteiger partial charge < -0.3 is 19.9 Å². The van der Waals surface area contributed by atoms with E-state index in [0.29, 0.717) is 36.1 Å². The van der Waals surface area contributed by atoms with E-state index in [1.165, 1.54) is 0 Å². The SMILES string of the molecule is Cc1nc([C@@H]2CCCN(C(=O)COc3ccc(C(N)=O)cc3)C2)no1. The van der Waals surface area contributed by atoms with Crippen molar-refractivity contribution in [1.29, 1.82) is 0 Å². The maximum absolute atomic E-state index is 12.4. The molecule has 1 aromatic carbocycles. The molecular weight excluding hydrogens is 324 g/mol. The highest BCUT2D eigenvalue weighted by Crippen LogP contribution is 2.25. The van der Waals surface area contributed by atoms with E-state index >= 15 is 0 Å². The van der Waals surface area contributed by atoms with Crippen LogP contribution in [0.3, 0.4) is 0 Å². The average molecular weight is 344 g/mol. The van der Waals surface area contributed by atoms with Crippen LogP contribution < -0.4 is 10.5 Å². The number of carbonyl (C=O) groups is 2. The van der Waals surface area contributed by atoms with Crippen molar-refractivity contribution in [1.82, 2.24) is 15.0 Å². The Labute approximate surface area is 144 Å². The highest BCUT2D eigenvalue weighted by Gasteiger charge is 2.27. The van der Waals surface area contributed by atoms with Gasteiger partial charge in [-0.15, -0.1) is 0 Å². The van der Waals surface area contributed by atoms with Crippen molar-refractivity contribution in [2.45, 2.75) is 25.7 Å². The summed E-state index contributed by atoms with van der Waals surface area (Å²) in [6.07, 6.45) is 1.81. The minimum absolute atomic E-state index is 0.0616. The lowest BCUT2D eigenvalue weighted by atomic mass is 9.97. The van der Waals surface area contributed by atoms with Crippen molar-refractivity contribution < 1.29 is 18.8 Å². The summed E-state index contributed by atoms with van der Waals surface area (Å²) < 4.78 is 10.5. The Kier molecular flexibility index (Phi) is 4.97. The largest absolute Gasteiger partial charge is 0.484 e. The van der Waals surface area contributed by atoms with Gasteiger partial charge in [-0.3, -0.25) is 9.59 Å². The first kappa shape index (κ1) is 16.9. The predicted molar refractivity (Wildman–Crippen MR) is 88.0 cm³/mol. The van der Waals surface area contributed by atoms with Gasteiger partial charge in [0.1, 0.15) is 5.75 Å². The number of primary amides is 1. The van der Waals surface area contributed by atoms with Crippen molar-refractivity contribution in [2.75, 3.05) is 19.7 Å². The van der Waals surface area contributed by atoms with Gasteiger partial charge in [-0.05, 0) is 37.1 Å². The minimum Gasteiger partial charge on any atom is -0.484 e. The van der Waals surface area contributed by atoms with Gasteiger partial charge in [0.2, 0.25) is 11.8 Å². The fraction of sp³-hybridized carbons (Fsp3) is 0.412. The first-order chi connectivity index (χ1) is 12.0. The number of aromatic nitrogens is 2. The van der Waals surface area contributed by atoms with Crippen LogP contribution in [-0.2, 0) is 4.79 Å². The average Bonchev–Trinajstić information content (AvgIpc) is 3.06. The molecule has 0 spiro atoms. The van der Waals surface area contributed by atoms with Crippen molar-refractivity contribution in [3.05, 3.63) is 41.5 Å². The molecule has 0 radical (unpaired) electrons. The molecule has 2 aromatic rings. The molecule has 8 nitrogen and oxygen atoms in total. The molecular formula is C17H20N4O4. The monoisotopic (exact) mass is 344 g/mol. The first-order valence-corrected chi connectivity index (χ1v) is 8.13. The Bertz CT molecular complexity index is 756. The fourth-order valence-electron chi connectivity index (χ4n) is 2.85. The van der Waals surface area contributed by atoms with Gasteiger partial charge >= 0.3 is 0 Å². The van der Waals surface area contributed by atoms with Crippen LogP contribution in [0.25, 0.3) is 0 Å². The van der Waals surface area contributed by atoms with Crippen LogP contribution in [0, 0.1) is 6.92 Å². The molecule has 132 valence electrons. The van der Waals surface area contributed by atoms with Gasteiger partial charge in [0.25, 0.3) is 5.91 Å². The summed E-state index contributed by atoms with van der Waals surface area (Å²) in [6, 6.07) is 6.37. The number of hydrogen-bond acceptors (Lipinski definition) is 6. The number of hydrogen-bond donors (Lipinski definition) is 1. The molecule has 1 aromatic heterocycles. The molecule has 3 rings (SSSR count). The molecule has 25 heavy (non-hydrogen) atoms. The van der Waals surface area contributed by atoms with Crippen LogP contribution in [-0.4, -0.2) is 46.6 Å². The fourth-order valence-corrected chi connectivity index (χ4v) is 2.85. The number of aryl methyl sites for hydroxylation is 1. The number of benzene rings is 1. The summed E-state index contributed by atoms with van der Waals surface area (Å²) in [5.41, 5.74) is 5.58. The van der Waals surface area contributed by atoms with Gasteiger partial charge in [0.15, 0.2) is 12.4 Å². The second-order valence-electron chi connectivity index (χ2n) is 6.03. The van der Waals surface area contributed by atoms with Crippen molar-refractivity contribution >= 4 is 11.8 Å². The van der Waals surface area contributed by atoms with Crippen molar-refractivity contribution in [2.24, 2.45) is 5.73 Å². The van der Waals surface area contributed by atoms with Gasteiger partial charge in [-0.25, -0.2) is 0 Å². The maximum Gasteiger partial charge on any atom is 0.260 e. The molecule has 0 saturated carbocycles. The topological polar surface area (TPSA) is 112 Å². The number of likely N-dealkylation sites (tertiary alicyclic amines) is 1. The van der Waals surface area contributed by atoms with E-state index in [0.717, 1.165) is 12.8 Å². The lowest BCUT2D eigenvalue weighted by molar-refractivity contribution is -0.134. The molecule has 1 atom stereocenters. The predicted octanol–water partition coefficient (Wildman–Crippen LogP) is 1.26. The van der Waals surface area contributed by atoms with E-state index in [1.54, 1.807) is 36.1 Å². The summed E-state index contributed by atoms with van der Waals surface area (Å²) in [6.45, 7) is 2.94. The molecule has 1 aliphatic heterocycles. The smallest absolute Gasteiger partial charge is 0.260 e. The Balaban J connectivity index is 1.54. The van der Waals surface area contributed by atoms with Crippen LogP contribution in [0.4, 0.5) is 0 Å². The third-order valence-electron chi connectivity index (χ3n) is 4.18. The molecule has 2 N–H and O–H groups in total. The van der Waals surface area contributed by atoms with Crippen LogP contribution in [0.5, 0.6) is 5.75 Å². The normalized spacial score (nSPS) is 17.3. The molecule has 1 fully saturated rings. The molecule has 8 heteroatoms. The van der Waals surface area contributed by atoms with Crippen LogP contribution in [0.1, 0.15) is 40.8 Å². The number of nitrogens with two attached hydrogens (primary N) is 1. The van der Waals surface area contributed by atoms with Crippen molar-refractivity contribution in [3.8, 4) is 5.75 Å². The molecule has 1 saturated heterocycles. The second-order valence-corrected chi connectivity index (χ2v) is 6.03. The Hall–Kier alpha value is -2.90. The van der Waals surface area contributed by atoms with Crippen LogP contribution >= 0.6 is 0 Å². The van der Waals surface area contributed by atoms with Crippen LogP contribution in [0.15, 0.2) is 28.8 Å². The second kappa shape index (κ2) is 7.33. The summed E-state index contributed by atoms with van der Waals surface area (Å²) in [4.78, 5) is 29.4. The van der Waals surface area contributed by atoms with E-state index < -0.39 is 5.91 Å². The van der Waals surface area contributed by atoms with Crippen LogP contribution in [0.2, 0.25) is 0 Å². The van der Waals surface area contributed by atoms with Gasteiger partial charge in [-0.1, -0.05) is 5.16 Å². The lowest BCUT2D eigenvalue weighted by Crippen LogP contribution is -2.41. The molecule has 2 amide bonds. The number of amides is 2. The number of rotatable bonds is 5. The molecule has 0 unspecified atom stereocenters. The highest BCUT2D eigenvalue weighted by molar-refractivity contribution is 5.92. The standard InChI is InChI=1S/C17H20N4O4/c1-11-19-17(20-25-11)13-3-2-8-21(9-13)15(22)10-24-14-6-4-12(5-7-14)16(18)23/h4-7,13H,2-3,8-10H2,1H3,(H2,18,23)/t13-/m1/s1. The van der Waals surface area contributed by atoms with Gasteiger partial charge in [0.05, 0.1) is 0 Å². The molecule has 0 bridgehead atoms. The number of ether oxygens (including phenoxy) is 1. The number of carbonyl (C=O) groups excluding carboxylic acids is 2. The summed E-state index contributed by atoms with van der Waals surface area (Å²) in [7, 11) is 0. The van der Waals surface area contributed by atoms with E-state index in [2.05, 4.69) is 10.1 Å². The van der Waals surface area contributed by atoms with Gasteiger partial charge in [0, 0.05) is 31.5 Å². The van der Waals surface area contributed by atoms with Gasteiger partial charge in [-0.2, -0.15) is 4.98 Å². The zero-order chi connectivity index (χ0) is 17.8. The van der Waals surface area contributed by atoms with E-state index in [1.807, 2.05) is 0 Å². The zero-order valence-corrected chi connectivity index (χ0v) is 14.0. The Morgan fingerprint density at radius 1 is 1.36 bits per heavy atom. The molecule has 2 heterocycles. The van der Waals surface area contributed by atoms with Crippen molar-refractivity contribution in [3.63, 3.8) is 0 Å². The maximum atomic E-state index is 12.4. The molecule has 1 aliphatic rings. The molecule has 0 aliphatic carbocycles. The minimum atomic E-state index is -0.501. The van der Waals surface area contributed by atoms with E-state index in [9.17, 15) is 9.59 Å². The van der Waals surface area contributed by atoms with E-state index in [4.69, 9.17) is 15.0 Å². The highest BCUT2D eigenvalue weighted by atomic mass is 16.5. The third kappa shape index (κ3) is 4.14. The zero-order valence-electron chi connectivity index (χ0n) is 14.0. The summed E-state index contributed by atoms with van der Waals surface area (Å²) in [5, 5.41) is 3.96. The number of piperidine rings is 1. The van der Waals surface area contributed by atoms with E-state index in [-0.39, 0.29) is 18.4 Å². The Morgan fingerprint density at radius 3 is 2.76 bits per heavy atom. The quantitative estimate of drug-likeness (QED) is 0.874. The lowest BCUT2D eigenvalue weighted by Gasteiger charge is -2.31. The Morgan fingerprint density at radius 2 is 2.12 bits per heavy atom. The summed E-state index contributed by atoms with van der Waals surface area (Å²) >= 11 is 0. The first-order valence-electron chi connectivity index (χ1n) is 8.13.